The van der Waals surface area contributed by atoms with Crippen molar-refractivity contribution in [3.05, 3.63) is 64.7 Å². The number of fused-ring (bicyclic) bond motifs is 2. The van der Waals surface area contributed by atoms with Crippen LogP contribution in [0.25, 0.3) is 10.2 Å². The summed E-state index contributed by atoms with van der Waals surface area (Å²) >= 11 is 1.65. The van der Waals surface area contributed by atoms with Crippen molar-refractivity contribution in [2.45, 2.75) is 44.2 Å². The Morgan fingerprint density at radius 1 is 1.17 bits per heavy atom. The molecule has 2 aromatic carbocycles. The highest BCUT2D eigenvalue weighted by Crippen LogP contribution is 2.39. The predicted molar refractivity (Wildman–Crippen MR) is 112 cm³/mol. The molecule has 2 atom stereocenters. The highest BCUT2D eigenvalue weighted by Gasteiger charge is 2.47. The lowest BCUT2D eigenvalue weighted by Crippen LogP contribution is -2.55. The molecule has 0 N–H and O–H groups in total. The number of esters is 1. The maximum atomic E-state index is 13.7. The summed E-state index contributed by atoms with van der Waals surface area (Å²) in [7, 11) is 0. The molecule has 2 aliphatic heterocycles. The Morgan fingerprint density at radius 2 is 1.97 bits per heavy atom. The quantitative estimate of drug-likeness (QED) is 0.587. The van der Waals surface area contributed by atoms with E-state index in [9.17, 15) is 9.59 Å². The lowest BCUT2D eigenvalue weighted by atomic mass is 9.87. The Kier molecular flexibility index (Phi) is 4.39. The molecule has 148 valence electrons. The van der Waals surface area contributed by atoms with Gasteiger partial charge in [-0.15, -0.1) is 11.3 Å². The van der Waals surface area contributed by atoms with Crippen molar-refractivity contribution >= 4 is 33.4 Å². The number of benzene rings is 2. The van der Waals surface area contributed by atoms with Gasteiger partial charge in [0, 0.05) is 13.0 Å². The molecule has 1 amide bonds. The van der Waals surface area contributed by atoms with Gasteiger partial charge in [-0.05, 0) is 49.9 Å². The van der Waals surface area contributed by atoms with Gasteiger partial charge in [-0.25, -0.2) is 9.78 Å². The number of ether oxygens (including phenoxy) is 1. The molecule has 29 heavy (non-hydrogen) atoms. The minimum absolute atomic E-state index is 0.0682. The first-order valence-electron chi connectivity index (χ1n) is 10.0. The number of amides is 1. The molecule has 0 bridgehead atoms. The van der Waals surface area contributed by atoms with Gasteiger partial charge in [0.1, 0.15) is 5.01 Å². The zero-order chi connectivity index (χ0) is 20.0. The second kappa shape index (κ2) is 6.95. The average molecular weight is 407 g/mol. The van der Waals surface area contributed by atoms with Gasteiger partial charge in [0.15, 0.2) is 5.60 Å². The third-order valence-corrected chi connectivity index (χ3v) is 7.03. The Balaban J connectivity index is 1.48. The Morgan fingerprint density at radius 3 is 2.83 bits per heavy atom. The summed E-state index contributed by atoms with van der Waals surface area (Å²) in [5, 5.41) is 0.963. The Hall–Kier alpha value is -2.73. The molecule has 0 radical (unpaired) electrons. The molecule has 5 nitrogen and oxygen atoms in total. The van der Waals surface area contributed by atoms with Gasteiger partial charge in [-0.1, -0.05) is 30.3 Å². The first-order chi connectivity index (χ1) is 14.0. The fourth-order valence-corrected chi connectivity index (χ4v) is 5.53. The number of cyclic esters (lactones) is 1. The van der Waals surface area contributed by atoms with E-state index in [2.05, 4.69) is 6.07 Å². The fourth-order valence-electron chi connectivity index (χ4n) is 4.42. The molecule has 6 heteroatoms. The van der Waals surface area contributed by atoms with Crippen LogP contribution in [0.15, 0.2) is 48.5 Å². The number of nitrogens with zero attached hydrogens (tertiary/aromatic N) is 2. The zero-order valence-corrected chi connectivity index (χ0v) is 17.1. The van der Waals surface area contributed by atoms with E-state index in [-0.39, 0.29) is 11.9 Å². The summed E-state index contributed by atoms with van der Waals surface area (Å²) in [6.07, 6.45) is 3.29. The molecule has 0 saturated carbocycles. The number of carbonyl (C=O) groups is 2. The summed E-state index contributed by atoms with van der Waals surface area (Å²) in [5.41, 5.74) is 1.21. The normalized spacial score (nSPS) is 24.2. The van der Waals surface area contributed by atoms with Crippen molar-refractivity contribution in [3.63, 3.8) is 0 Å². The van der Waals surface area contributed by atoms with Crippen LogP contribution in [0.5, 0.6) is 0 Å². The van der Waals surface area contributed by atoms with Crippen LogP contribution in [-0.2, 0) is 16.0 Å². The van der Waals surface area contributed by atoms with Gasteiger partial charge in [0.05, 0.1) is 21.8 Å². The van der Waals surface area contributed by atoms with Gasteiger partial charge in [-0.3, -0.25) is 4.79 Å². The van der Waals surface area contributed by atoms with E-state index in [4.69, 9.17) is 9.72 Å². The third kappa shape index (κ3) is 3.12. The SMILES string of the molecule is CC1(C(=O)N2CCCCC2c2nc3ccccc3s2)Cc2ccccc2C(=O)O1. The van der Waals surface area contributed by atoms with Gasteiger partial charge >= 0.3 is 5.97 Å². The van der Waals surface area contributed by atoms with Crippen LogP contribution in [0.2, 0.25) is 0 Å². The first kappa shape index (κ1) is 18.3. The van der Waals surface area contributed by atoms with E-state index in [1.807, 2.05) is 41.3 Å². The molecular weight excluding hydrogens is 384 g/mol. The Bertz CT molecular complexity index is 1080. The number of hydrogen-bond acceptors (Lipinski definition) is 5. The lowest BCUT2D eigenvalue weighted by molar-refractivity contribution is -0.155. The van der Waals surface area contributed by atoms with Gasteiger partial charge in [0.25, 0.3) is 5.91 Å². The van der Waals surface area contributed by atoms with Crippen LogP contribution in [0.4, 0.5) is 0 Å². The number of thiazole rings is 1. The summed E-state index contributed by atoms with van der Waals surface area (Å²) < 4.78 is 6.84. The van der Waals surface area contributed by atoms with Crippen LogP contribution in [0.3, 0.4) is 0 Å². The van der Waals surface area contributed by atoms with Crippen molar-refractivity contribution in [3.8, 4) is 0 Å². The molecule has 1 aromatic heterocycles. The smallest absolute Gasteiger partial charge is 0.339 e. The van der Waals surface area contributed by atoms with E-state index in [0.717, 1.165) is 40.1 Å². The molecule has 3 aromatic rings. The second-order valence-corrected chi connectivity index (χ2v) is 9.05. The number of para-hydroxylation sites is 1. The molecule has 0 spiro atoms. The third-order valence-electron chi connectivity index (χ3n) is 5.89. The number of piperidine rings is 1. The lowest BCUT2D eigenvalue weighted by Gasteiger charge is -2.41. The molecule has 1 saturated heterocycles. The van der Waals surface area contributed by atoms with Crippen molar-refractivity contribution < 1.29 is 14.3 Å². The molecule has 2 aliphatic rings. The average Bonchev–Trinajstić information content (AvgIpc) is 3.17. The molecule has 0 aliphatic carbocycles. The summed E-state index contributed by atoms with van der Waals surface area (Å²) in [4.78, 5) is 32.9. The van der Waals surface area contributed by atoms with Crippen molar-refractivity contribution in [2.75, 3.05) is 6.54 Å². The van der Waals surface area contributed by atoms with Crippen LogP contribution >= 0.6 is 11.3 Å². The maximum absolute atomic E-state index is 13.7. The topological polar surface area (TPSA) is 59.5 Å². The van der Waals surface area contributed by atoms with Crippen LogP contribution < -0.4 is 0 Å². The van der Waals surface area contributed by atoms with E-state index in [1.165, 1.54) is 0 Å². The van der Waals surface area contributed by atoms with E-state index >= 15 is 0 Å². The van der Waals surface area contributed by atoms with Gasteiger partial charge in [0.2, 0.25) is 0 Å². The molecule has 1 fully saturated rings. The van der Waals surface area contributed by atoms with Crippen molar-refractivity contribution in [1.82, 2.24) is 9.88 Å². The predicted octanol–water partition coefficient (Wildman–Crippen LogP) is 4.52. The minimum Gasteiger partial charge on any atom is -0.445 e. The van der Waals surface area contributed by atoms with Crippen molar-refractivity contribution in [2.24, 2.45) is 0 Å². The number of hydrogen-bond donors (Lipinski definition) is 0. The summed E-state index contributed by atoms with van der Waals surface area (Å²) in [6.45, 7) is 2.40. The standard InChI is InChI=1S/C23H22N2O3S/c1-23(14-15-8-2-3-9-16(15)21(26)28-23)22(27)25-13-7-6-11-18(25)20-24-17-10-4-5-12-19(17)29-20/h2-5,8-10,12,18H,6-7,11,13-14H2,1H3. The van der Waals surface area contributed by atoms with Gasteiger partial charge < -0.3 is 9.64 Å². The highest BCUT2D eigenvalue weighted by atomic mass is 32.1. The van der Waals surface area contributed by atoms with Crippen LogP contribution in [-0.4, -0.2) is 33.9 Å². The highest BCUT2D eigenvalue weighted by molar-refractivity contribution is 7.18. The molecular formula is C23H22N2O3S. The maximum Gasteiger partial charge on any atom is 0.339 e. The number of carbonyl (C=O) groups excluding carboxylic acids is 2. The minimum atomic E-state index is -1.18. The van der Waals surface area contributed by atoms with E-state index in [1.54, 1.807) is 24.3 Å². The number of aromatic nitrogens is 1. The molecule has 5 rings (SSSR count). The van der Waals surface area contributed by atoms with E-state index < -0.39 is 11.6 Å². The molecule has 2 unspecified atom stereocenters. The van der Waals surface area contributed by atoms with Crippen molar-refractivity contribution in [1.29, 1.82) is 0 Å². The second-order valence-electron chi connectivity index (χ2n) is 7.98. The van der Waals surface area contributed by atoms with E-state index in [0.29, 0.717) is 18.5 Å². The first-order valence-corrected chi connectivity index (χ1v) is 10.8. The zero-order valence-electron chi connectivity index (χ0n) is 16.3. The fraction of sp³-hybridized carbons (Fsp3) is 0.348. The Labute approximate surface area is 173 Å². The number of rotatable bonds is 2. The van der Waals surface area contributed by atoms with Gasteiger partial charge in [-0.2, -0.15) is 0 Å². The largest absolute Gasteiger partial charge is 0.445 e. The van der Waals surface area contributed by atoms with Crippen LogP contribution in [0.1, 0.15) is 53.2 Å². The summed E-state index contributed by atoms with van der Waals surface area (Å²) in [6, 6.07) is 15.4. The molecule has 3 heterocycles. The number of likely N-dealkylation sites (tertiary alicyclic amines) is 1. The summed E-state index contributed by atoms with van der Waals surface area (Å²) in [5.74, 6) is -0.541. The monoisotopic (exact) mass is 406 g/mol. The van der Waals surface area contributed by atoms with Crippen LogP contribution in [0, 0.1) is 0 Å².